The van der Waals surface area contributed by atoms with Crippen molar-refractivity contribution in [1.29, 1.82) is 0 Å². The summed E-state index contributed by atoms with van der Waals surface area (Å²) < 4.78 is 0. The predicted octanol–water partition coefficient (Wildman–Crippen LogP) is 2.02. The van der Waals surface area contributed by atoms with E-state index in [0.717, 1.165) is 6.42 Å². The van der Waals surface area contributed by atoms with Crippen molar-refractivity contribution < 1.29 is 5.11 Å². The molecule has 0 aromatic rings. The molecular formula is C13H23NO. The molecular weight excluding hydrogens is 186 g/mol. The van der Waals surface area contributed by atoms with Gasteiger partial charge in [-0.25, -0.2) is 0 Å². The highest BCUT2D eigenvalue weighted by molar-refractivity contribution is 5.09. The Bertz CT molecular complexity index is 260. The molecule has 0 aromatic carbocycles. The minimum Gasteiger partial charge on any atom is -0.392 e. The van der Waals surface area contributed by atoms with Crippen LogP contribution in [0.2, 0.25) is 0 Å². The summed E-state index contributed by atoms with van der Waals surface area (Å²) >= 11 is 0. The van der Waals surface area contributed by atoms with E-state index in [0.29, 0.717) is 11.5 Å². The lowest BCUT2D eigenvalue weighted by atomic mass is 9.61. The second kappa shape index (κ2) is 2.98. The zero-order chi connectivity index (χ0) is 10.7. The Kier molecular flexibility index (Phi) is 2.01. The summed E-state index contributed by atoms with van der Waals surface area (Å²) in [7, 11) is 0. The summed E-state index contributed by atoms with van der Waals surface area (Å²) in [5.41, 5.74) is 0.844. The largest absolute Gasteiger partial charge is 0.392 e. The first-order chi connectivity index (χ1) is 7.04. The Balaban J connectivity index is 1.60. The van der Waals surface area contributed by atoms with E-state index >= 15 is 0 Å². The van der Waals surface area contributed by atoms with Gasteiger partial charge in [-0.05, 0) is 24.7 Å². The van der Waals surface area contributed by atoms with Gasteiger partial charge >= 0.3 is 0 Å². The first-order valence-electron chi connectivity index (χ1n) is 6.46. The molecule has 0 aromatic heterocycles. The fourth-order valence-electron chi connectivity index (χ4n) is 3.98. The van der Waals surface area contributed by atoms with Gasteiger partial charge in [0.1, 0.15) is 0 Å². The maximum atomic E-state index is 9.74. The van der Waals surface area contributed by atoms with Crippen molar-refractivity contribution in [3.05, 3.63) is 0 Å². The summed E-state index contributed by atoms with van der Waals surface area (Å²) in [4.78, 5) is 2.62. The van der Waals surface area contributed by atoms with Crippen LogP contribution in [0.3, 0.4) is 0 Å². The van der Waals surface area contributed by atoms with E-state index in [1.165, 1.54) is 38.8 Å². The Hall–Kier alpha value is -0.0800. The Morgan fingerprint density at radius 3 is 2.20 bits per heavy atom. The smallest absolute Gasteiger partial charge is 0.0621 e. The van der Waals surface area contributed by atoms with E-state index in [4.69, 9.17) is 0 Å². The molecule has 86 valence electrons. The summed E-state index contributed by atoms with van der Waals surface area (Å²) in [6.07, 6.45) is 6.75. The molecule has 2 unspecified atom stereocenters. The number of hydrogen-bond donors (Lipinski definition) is 1. The summed E-state index contributed by atoms with van der Waals surface area (Å²) in [5.74, 6) is 0. The van der Waals surface area contributed by atoms with Crippen molar-refractivity contribution in [2.45, 2.75) is 58.1 Å². The van der Waals surface area contributed by atoms with Gasteiger partial charge in [0.2, 0.25) is 0 Å². The SMILES string of the molecule is CC1(C)C(O)CC1N1CC2(CCCC2)C1. The highest BCUT2D eigenvalue weighted by Gasteiger charge is 2.56. The zero-order valence-electron chi connectivity index (χ0n) is 10.00. The molecule has 0 radical (unpaired) electrons. The minimum absolute atomic E-state index is 0.0670. The summed E-state index contributed by atoms with van der Waals surface area (Å²) in [5, 5.41) is 9.74. The molecule has 15 heavy (non-hydrogen) atoms. The van der Waals surface area contributed by atoms with E-state index in [1.54, 1.807) is 0 Å². The second-order valence-electron chi connectivity index (χ2n) is 6.70. The summed E-state index contributed by atoms with van der Waals surface area (Å²) in [6, 6.07) is 0.652. The van der Waals surface area contributed by atoms with Gasteiger partial charge in [0.15, 0.2) is 0 Å². The molecule has 2 nitrogen and oxygen atoms in total. The zero-order valence-corrected chi connectivity index (χ0v) is 10.00. The van der Waals surface area contributed by atoms with Crippen LogP contribution >= 0.6 is 0 Å². The molecule has 0 bridgehead atoms. The fourth-order valence-corrected chi connectivity index (χ4v) is 3.98. The van der Waals surface area contributed by atoms with Crippen LogP contribution in [0.4, 0.5) is 0 Å². The highest BCUT2D eigenvalue weighted by atomic mass is 16.3. The molecule has 3 aliphatic rings. The maximum absolute atomic E-state index is 9.74. The molecule has 0 amide bonds. The number of nitrogens with zero attached hydrogens (tertiary/aromatic N) is 1. The van der Waals surface area contributed by atoms with E-state index in [2.05, 4.69) is 18.7 Å². The molecule has 2 saturated carbocycles. The molecule has 3 rings (SSSR count). The van der Waals surface area contributed by atoms with Crippen LogP contribution < -0.4 is 0 Å². The molecule has 3 fully saturated rings. The van der Waals surface area contributed by atoms with E-state index in [1.807, 2.05) is 0 Å². The van der Waals surface area contributed by atoms with Gasteiger partial charge in [-0.15, -0.1) is 0 Å². The normalized spacial score (nSPS) is 42.6. The molecule has 1 N–H and O–H groups in total. The van der Waals surface area contributed by atoms with Gasteiger partial charge in [0, 0.05) is 24.5 Å². The average Bonchev–Trinajstić information content (AvgIpc) is 2.60. The fraction of sp³-hybridized carbons (Fsp3) is 1.00. The molecule has 1 heterocycles. The lowest BCUT2D eigenvalue weighted by Gasteiger charge is -2.61. The van der Waals surface area contributed by atoms with Crippen molar-refractivity contribution in [3.8, 4) is 0 Å². The highest BCUT2D eigenvalue weighted by Crippen LogP contribution is 2.52. The van der Waals surface area contributed by atoms with Gasteiger partial charge in [-0.1, -0.05) is 26.7 Å². The van der Waals surface area contributed by atoms with Crippen molar-refractivity contribution >= 4 is 0 Å². The van der Waals surface area contributed by atoms with Crippen molar-refractivity contribution in [2.24, 2.45) is 10.8 Å². The van der Waals surface area contributed by atoms with Crippen LogP contribution in [0, 0.1) is 10.8 Å². The number of hydrogen-bond acceptors (Lipinski definition) is 2. The Labute approximate surface area is 92.7 Å². The van der Waals surface area contributed by atoms with Gasteiger partial charge in [-0.3, -0.25) is 4.90 Å². The lowest BCUT2D eigenvalue weighted by molar-refractivity contribution is -0.166. The quantitative estimate of drug-likeness (QED) is 0.714. The third-order valence-corrected chi connectivity index (χ3v) is 5.35. The molecule has 1 spiro atoms. The van der Waals surface area contributed by atoms with E-state index in [-0.39, 0.29) is 11.5 Å². The van der Waals surface area contributed by atoms with Crippen LogP contribution in [0.25, 0.3) is 0 Å². The molecule has 2 heteroatoms. The lowest BCUT2D eigenvalue weighted by Crippen LogP contribution is -2.69. The maximum Gasteiger partial charge on any atom is 0.0621 e. The van der Waals surface area contributed by atoms with E-state index in [9.17, 15) is 5.11 Å². The third kappa shape index (κ3) is 1.31. The first-order valence-corrected chi connectivity index (χ1v) is 6.46. The van der Waals surface area contributed by atoms with Gasteiger partial charge in [0.25, 0.3) is 0 Å². The molecule has 1 saturated heterocycles. The van der Waals surface area contributed by atoms with Gasteiger partial charge in [0.05, 0.1) is 6.10 Å². The average molecular weight is 209 g/mol. The predicted molar refractivity (Wildman–Crippen MR) is 60.7 cm³/mol. The van der Waals surface area contributed by atoms with Crippen molar-refractivity contribution in [1.82, 2.24) is 4.90 Å². The molecule has 2 atom stereocenters. The third-order valence-electron chi connectivity index (χ3n) is 5.35. The van der Waals surface area contributed by atoms with Crippen LogP contribution in [-0.2, 0) is 0 Å². The van der Waals surface area contributed by atoms with Crippen LogP contribution in [0.1, 0.15) is 46.0 Å². The Morgan fingerprint density at radius 1 is 1.13 bits per heavy atom. The summed E-state index contributed by atoms with van der Waals surface area (Å²) in [6.45, 7) is 7.05. The number of likely N-dealkylation sites (tertiary alicyclic amines) is 1. The van der Waals surface area contributed by atoms with E-state index < -0.39 is 0 Å². The molecule has 2 aliphatic carbocycles. The topological polar surface area (TPSA) is 23.5 Å². The van der Waals surface area contributed by atoms with Crippen LogP contribution in [0.15, 0.2) is 0 Å². The number of aliphatic hydroxyl groups excluding tert-OH is 1. The number of rotatable bonds is 1. The minimum atomic E-state index is -0.0670. The van der Waals surface area contributed by atoms with Crippen molar-refractivity contribution in [3.63, 3.8) is 0 Å². The van der Waals surface area contributed by atoms with Gasteiger partial charge < -0.3 is 5.11 Å². The van der Waals surface area contributed by atoms with Crippen LogP contribution in [-0.4, -0.2) is 35.2 Å². The monoisotopic (exact) mass is 209 g/mol. The second-order valence-corrected chi connectivity index (χ2v) is 6.70. The van der Waals surface area contributed by atoms with Crippen molar-refractivity contribution in [2.75, 3.05) is 13.1 Å². The molecule has 1 aliphatic heterocycles. The Morgan fingerprint density at radius 2 is 1.73 bits per heavy atom. The number of aliphatic hydroxyl groups is 1. The first kappa shape index (κ1) is 10.1. The van der Waals surface area contributed by atoms with Gasteiger partial charge in [-0.2, -0.15) is 0 Å². The standard InChI is InChI=1S/C13H23NO/c1-12(2)10(7-11(12)15)14-8-13(9-14)5-3-4-6-13/h10-11,15H,3-9H2,1-2H3. The van der Waals surface area contributed by atoms with Crippen LogP contribution in [0.5, 0.6) is 0 Å².